The summed E-state index contributed by atoms with van der Waals surface area (Å²) < 4.78 is 11.3. The van der Waals surface area contributed by atoms with Gasteiger partial charge >= 0.3 is 0 Å². The van der Waals surface area contributed by atoms with Crippen molar-refractivity contribution in [3.63, 3.8) is 0 Å². The number of hydrogen-bond donors (Lipinski definition) is 0. The quantitative estimate of drug-likeness (QED) is 0.798. The second-order valence-electron chi connectivity index (χ2n) is 4.97. The predicted molar refractivity (Wildman–Crippen MR) is 66.6 cm³/mol. The molecule has 0 saturated carbocycles. The molecule has 0 radical (unpaired) electrons. The number of ether oxygens (including phenoxy) is 2. The molecular weight excluding hydrogens is 214 g/mol. The number of rotatable bonds is 3. The molecule has 1 aromatic rings. The van der Waals surface area contributed by atoms with E-state index in [1.54, 1.807) is 7.11 Å². The molecule has 3 heteroatoms. The first-order valence-electron chi connectivity index (χ1n) is 6.38. The molecule has 92 valence electrons. The largest absolute Gasteiger partial charge is 0.497 e. The van der Waals surface area contributed by atoms with Crippen molar-refractivity contribution in [1.29, 1.82) is 0 Å². The van der Waals surface area contributed by atoms with Gasteiger partial charge in [0.1, 0.15) is 17.6 Å². The standard InChI is InChI=1S/C14H19NO2/c1-16-12-3-2-4-13(9-12)17-14-10-15-7-5-11(14)6-8-15/h2-4,9,11,14H,5-8,10H2,1H3/t14-/m0/s1. The van der Waals surface area contributed by atoms with E-state index in [0.29, 0.717) is 6.10 Å². The summed E-state index contributed by atoms with van der Waals surface area (Å²) in [7, 11) is 1.69. The van der Waals surface area contributed by atoms with Crippen molar-refractivity contribution in [3.8, 4) is 11.5 Å². The monoisotopic (exact) mass is 233 g/mol. The number of piperidine rings is 3. The normalized spacial score (nSPS) is 31.2. The highest BCUT2D eigenvalue weighted by atomic mass is 16.5. The molecule has 3 saturated heterocycles. The average Bonchev–Trinajstić information content (AvgIpc) is 2.40. The van der Waals surface area contributed by atoms with Gasteiger partial charge in [0.15, 0.2) is 0 Å². The zero-order chi connectivity index (χ0) is 11.7. The maximum atomic E-state index is 6.11. The molecule has 0 aromatic heterocycles. The van der Waals surface area contributed by atoms with Gasteiger partial charge in [-0.3, -0.25) is 4.90 Å². The van der Waals surface area contributed by atoms with Crippen LogP contribution in [-0.4, -0.2) is 37.7 Å². The van der Waals surface area contributed by atoms with Crippen LogP contribution in [0.15, 0.2) is 24.3 Å². The summed E-state index contributed by atoms with van der Waals surface area (Å²) >= 11 is 0. The van der Waals surface area contributed by atoms with E-state index in [9.17, 15) is 0 Å². The fourth-order valence-electron chi connectivity index (χ4n) is 2.89. The van der Waals surface area contributed by atoms with Crippen molar-refractivity contribution in [2.24, 2.45) is 5.92 Å². The predicted octanol–water partition coefficient (Wildman–Crippen LogP) is 2.17. The highest BCUT2D eigenvalue weighted by Gasteiger charge is 2.35. The number of fused-ring (bicyclic) bond motifs is 3. The Bertz CT molecular complexity index is 386. The highest BCUT2D eigenvalue weighted by Crippen LogP contribution is 2.31. The Morgan fingerprint density at radius 2 is 1.94 bits per heavy atom. The Balaban J connectivity index is 1.70. The highest BCUT2D eigenvalue weighted by molar-refractivity contribution is 5.33. The van der Waals surface area contributed by atoms with Crippen LogP contribution in [0, 0.1) is 5.92 Å². The first-order chi connectivity index (χ1) is 8.35. The van der Waals surface area contributed by atoms with Crippen molar-refractivity contribution >= 4 is 0 Å². The summed E-state index contributed by atoms with van der Waals surface area (Å²) in [6, 6.07) is 7.91. The Morgan fingerprint density at radius 3 is 2.59 bits per heavy atom. The van der Waals surface area contributed by atoms with E-state index >= 15 is 0 Å². The van der Waals surface area contributed by atoms with E-state index in [0.717, 1.165) is 24.0 Å². The Labute approximate surface area is 102 Å². The van der Waals surface area contributed by atoms with Gasteiger partial charge in [0.25, 0.3) is 0 Å². The summed E-state index contributed by atoms with van der Waals surface area (Å²) in [5.41, 5.74) is 0. The van der Waals surface area contributed by atoms with Gasteiger partial charge in [-0.1, -0.05) is 6.07 Å². The number of benzene rings is 1. The van der Waals surface area contributed by atoms with Crippen LogP contribution in [0.5, 0.6) is 11.5 Å². The van der Waals surface area contributed by atoms with Gasteiger partial charge in [-0.25, -0.2) is 0 Å². The summed E-state index contributed by atoms with van der Waals surface area (Å²) in [5.74, 6) is 2.54. The molecule has 4 rings (SSSR count). The zero-order valence-electron chi connectivity index (χ0n) is 10.3. The third-order valence-corrected chi connectivity index (χ3v) is 3.92. The Hall–Kier alpha value is -1.22. The summed E-state index contributed by atoms with van der Waals surface area (Å²) in [6.45, 7) is 3.59. The van der Waals surface area contributed by atoms with Crippen LogP contribution < -0.4 is 9.47 Å². The number of hydrogen-bond acceptors (Lipinski definition) is 3. The third-order valence-electron chi connectivity index (χ3n) is 3.92. The van der Waals surface area contributed by atoms with E-state index in [-0.39, 0.29) is 0 Å². The topological polar surface area (TPSA) is 21.7 Å². The van der Waals surface area contributed by atoms with E-state index in [1.807, 2.05) is 24.3 Å². The van der Waals surface area contributed by atoms with Crippen LogP contribution in [0.25, 0.3) is 0 Å². The van der Waals surface area contributed by atoms with Gasteiger partial charge < -0.3 is 9.47 Å². The smallest absolute Gasteiger partial charge is 0.123 e. The molecule has 0 unspecified atom stereocenters. The van der Waals surface area contributed by atoms with E-state index in [2.05, 4.69) is 4.90 Å². The molecule has 3 aliphatic heterocycles. The third kappa shape index (κ3) is 2.25. The minimum absolute atomic E-state index is 0.365. The molecule has 0 aliphatic carbocycles. The fraction of sp³-hybridized carbons (Fsp3) is 0.571. The van der Waals surface area contributed by atoms with E-state index < -0.39 is 0 Å². The summed E-state index contributed by atoms with van der Waals surface area (Å²) in [5, 5.41) is 0. The second kappa shape index (κ2) is 4.57. The van der Waals surface area contributed by atoms with Gasteiger partial charge in [-0.05, 0) is 44.0 Å². The second-order valence-corrected chi connectivity index (χ2v) is 4.97. The SMILES string of the molecule is COc1cccc(O[C@H]2CN3CCC2CC3)c1. The van der Waals surface area contributed by atoms with Crippen molar-refractivity contribution in [2.45, 2.75) is 18.9 Å². The van der Waals surface area contributed by atoms with Gasteiger partial charge in [-0.2, -0.15) is 0 Å². The molecular formula is C14H19NO2. The molecule has 1 atom stereocenters. The molecule has 1 aromatic carbocycles. The lowest BCUT2D eigenvalue weighted by atomic mass is 9.86. The minimum atomic E-state index is 0.365. The number of nitrogens with zero attached hydrogens (tertiary/aromatic N) is 1. The van der Waals surface area contributed by atoms with Gasteiger partial charge in [0.2, 0.25) is 0 Å². The van der Waals surface area contributed by atoms with Crippen LogP contribution in [0.4, 0.5) is 0 Å². The molecule has 3 fully saturated rings. The molecule has 3 aliphatic rings. The Morgan fingerprint density at radius 1 is 1.18 bits per heavy atom. The molecule has 0 amide bonds. The lowest BCUT2D eigenvalue weighted by Gasteiger charge is -2.44. The van der Waals surface area contributed by atoms with Crippen molar-refractivity contribution in [3.05, 3.63) is 24.3 Å². The lowest BCUT2D eigenvalue weighted by molar-refractivity contribution is -0.00783. The maximum absolute atomic E-state index is 6.11. The molecule has 3 heterocycles. The van der Waals surface area contributed by atoms with Crippen molar-refractivity contribution < 1.29 is 9.47 Å². The Kier molecular flexibility index (Phi) is 2.93. The van der Waals surface area contributed by atoms with Crippen LogP contribution in [-0.2, 0) is 0 Å². The van der Waals surface area contributed by atoms with Crippen LogP contribution >= 0.6 is 0 Å². The minimum Gasteiger partial charge on any atom is -0.497 e. The maximum Gasteiger partial charge on any atom is 0.123 e. The van der Waals surface area contributed by atoms with Gasteiger partial charge in [-0.15, -0.1) is 0 Å². The van der Waals surface area contributed by atoms with E-state index in [4.69, 9.17) is 9.47 Å². The molecule has 2 bridgehead atoms. The first-order valence-corrected chi connectivity index (χ1v) is 6.38. The zero-order valence-corrected chi connectivity index (χ0v) is 10.3. The molecule has 0 N–H and O–H groups in total. The van der Waals surface area contributed by atoms with Crippen LogP contribution in [0.3, 0.4) is 0 Å². The summed E-state index contributed by atoms with van der Waals surface area (Å²) in [6.07, 6.45) is 2.94. The fourth-order valence-corrected chi connectivity index (χ4v) is 2.89. The van der Waals surface area contributed by atoms with Crippen molar-refractivity contribution in [1.82, 2.24) is 4.90 Å². The first kappa shape index (κ1) is 10.9. The van der Waals surface area contributed by atoms with E-state index in [1.165, 1.54) is 25.9 Å². The average molecular weight is 233 g/mol. The van der Waals surface area contributed by atoms with Gasteiger partial charge in [0, 0.05) is 12.6 Å². The van der Waals surface area contributed by atoms with Crippen LogP contribution in [0.1, 0.15) is 12.8 Å². The molecule has 3 nitrogen and oxygen atoms in total. The lowest BCUT2D eigenvalue weighted by Crippen LogP contribution is -2.52. The van der Waals surface area contributed by atoms with Gasteiger partial charge in [0.05, 0.1) is 7.11 Å². The number of methoxy groups -OCH3 is 1. The van der Waals surface area contributed by atoms with Crippen molar-refractivity contribution in [2.75, 3.05) is 26.7 Å². The molecule has 0 spiro atoms. The van der Waals surface area contributed by atoms with Crippen LogP contribution in [0.2, 0.25) is 0 Å². The summed E-state index contributed by atoms with van der Waals surface area (Å²) in [4.78, 5) is 2.50. The molecule has 17 heavy (non-hydrogen) atoms.